The Hall–Kier alpha value is -3.19. The summed E-state index contributed by atoms with van der Waals surface area (Å²) in [6, 6.07) is 11.6. The molecule has 7 heteroatoms. The van der Waals surface area contributed by atoms with E-state index < -0.39 is 6.03 Å². The van der Waals surface area contributed by atoms with Crippen LogP contribution in [0.3, 0.4) is 0 Å². The maximum atomic E-state index is 13.8. The number of nitrogens with two attached hydrogens (primary N) is 1. The predicted molar refractivity (Wildman–Crippen MR) is 124 cm³/mol. The fourth-order valence-corrected chi connectivity index (χ4v) is 5.25. The third-order valence-corrected chi connectivity index (χ3v) is 6.93. The number of pyridine rings is 1. The summed E-state index contributed by atoms with van der Waals surface area (Å²) in [7, 11) is 0. The molecule has 31 heavy (non-hydrogen) atoms. The van der Waals surface area contributed by atoms with E-state index in [4.69, 9.17) is 10.7 Å². The molecule has 0 spiro atoms. The van der Waals surface area contributed by atoms with Crippen LogP contribution in [0.4, 0.5) is 4.79 Å². The second-order valence-corrected chi connectivity index (χ2v) is 8.97. The van der Waals surface area contributed by atoms with Gasteiger partial charge in [0, 0.05) is 36.4 Å². The van der Waals surface area contributed by atoms with E-state index >= 15 is 0 Å². The monoisotopic (exact) mass is 432 g/mol. The number of urea groups is 1. The van der Waals surface area contributed by atoms with Gasteiger partial charge in [0.1, 0.15) is 0 Å². The van der Waals surface area contributed by atoms with E-state index in [0.29, 0.717) is 26.2 Å². The smallest absolute Gasteiger partial charge is 0.314 e. The SMILES string of the molecule is NC(=O)N1CCCN(C(=O)c2c3c(nc4ccccc24)/C(=C\c2cccs2)CC3)CC1. The number of hydrogen-bond donors (Lipinski definition) is 1. The summed E-state index contributed by atoms with van der Waals surface area (Å²) in [6.45, 7) is 2.16. The number of amides is 3. The number of para-hydroxylation sites is 1. The lowest BCUT2D eigenvalue weighted by molar-refractivity contribution is 0.0763. The summed E-state index contributed by atoms with van der Waals surface area (Å²) in [5.74, 6) is 0.0264. The number of nitrogens with zero attached hydrogens (tertiary/aromatic N) is 3. The van der Waals surface area contributed by atoms with Crippen molar-refractivity contribution >= 4 is 45.8 Å². The van der Waals surface area contributed by atoms with Gasteiger partial charge in [0.05, 0.1) is 16.8 Å². The largest absolute Gasteiger partial charge is 0.351 e. The lowest BCUT2D eigenvalue weighted by atomic mass is 9.99. The molecule has 5 rings (SSSR count). The zero-order chi connectivity index (χ0) is 21.4. The number of carbonyl (C=O) groups excluding carboxylic acids is 2. The van der Waals surface area contributed by atoms with Crippen molar-refractivity contribution < 1.29 is 9.59 Å². The van der Waals surface area contributed by atoms with Gasteiger partial charge >= 0.3 is 6.03 Å². The first-order valence-corrected chi connectivity index (χ1v) is 11.5. The van der Waals surface area contributed by atoms with Crippen LogP contribution in [0.1, 0.15) is 39.3 Å². The molecule has 0 radical (unpaired) electrons. The van der Waals surface area contributed by atoms with E-state index in [9.17, 15) is 9.59 Å². The Bertz CT molecular complexity index is 1190. The molecule has 2 aliphatic rings. The van der Waals surface area contributed by atoms with E-state index in [-0.39, 0.29) is 5.91 Å². The normalized spacial score (nSPS) is 17.7. The van der Waals surface area contributed by atoms with Crippen molar-refractivity contribution in [2.45, 2.75) is 19.3 Å². The molecule has 1 aliphatic carbocycles. The molecule has 2 N–H and O–H groups in total. The molecule has 1 fully saturated rings. The second-order valence-electron chi connectivity index (χ2n) is 7.99. The lowest BCUT2D eigenvalue weighted by Crippen LogP contribution is -2.40. The number of rotatable bonds is 2. The quantitative estimate of drug-likeness (QED) is 0.664. The molecule has 0 bridgehead atoms. The van der Waals surface area contributed by atoms with Gasteiger partial charge in [-0.3, -0.25) is 4.79 Å². The number of benzene rings is 1. The molecule has 2 aromatic heterocycles. The summed E-state index contributed by atoms with van der Waals surface area (Å²) in [5, 5.41) is 2.97. The minimum atomic E-state index is -0.423. The molecule has 1 aliphatic heterocycles. The number of primary amides is 1. The van der Waals surface area contributed by atoms with Crippen molar-refractivity contribution in [2.24, 2.45) is 5.73 Å². The first-order chi connectivity index (χ1) is 15.1. The highest BCUT2D eigenvalue weighted by molar-refractivity contribution is 7.10. The highest BCUT2D eigenvalue weighted by Crippen LogP contribution is 2.38. The van der Waals surface area contributed by atoms with Gasteiger partial charge in [-0.25, -0.2) is 9.78 Å². The summed E-state index contributed by atoms with van der Waals surface area (Å²) >= 11 is 1.70. The molecule has 6 nitrogen and oxygen atoms in total. The number of carbonyl (C=O) groups is 2. The topological polar surface area (TPSA) is 79.5 Å². The van der Waals surface area contributed by atoms with Crippen LogP contribution in [0.15, 0.2) is 41.8 Å². The highest BCUT2D eigenvalue weighted by atomic mass is 32.1. The molecule has 0 unspecified atom stereocenters. The summed E-state index contributed by atoms with van der Waals surface area (Å²) < 4.78 is 0. The number of hydrogen-bond acceptors (Lipinski definition) is 4. The Kier molecular flexibility index (Phi) is 5.19. The van der Waals surface area contributed by atoms with E-state index in [0.717, 1.165) is 47.0 Å². The molecule has 3 amide bonds. The molecule has 1 aromatic carbocycles. The number of allylic oxidation sites excluding steroid dienone is 1. The highest BCUT2D eigenvalue weighted by Gasteiger charge is 2.30. The van der Waals surface area contributed by atoms with Crippen molar-refractivity contribution in [1.29, 1.82) is 0 Å². The van der Waals surface area contributed by atoms with E-state index in [1.165, 1.54) is 10.5 Å². The Morgan fingerprint density at radius 2 is 1.81 bits per heavy atom. The van der Waals surface area contributed by atoms with Gasteiger partial charge in [0.2, 0.25) is 0 Å². The third kappa shape index (κ3) is 3.70. The molecule has 0 saturated carbocycles. The zero-order valence-electron chi connectivity index (χ0n) is 17.2. The van der Waals surface area contributed by atoms with Gasteiger partial charge in [-0.2, -0.15) is 0 Å². The van der Waals surface area contributed by atoms with Gasteiger partial charge in [-0.05, 0) is 54.0 Å². The minimum absolute atomic E-state index is 0.0264. The lowest BCUT2D eigenvalue weighted by Gasteiger charge is -2.23. The van der Waals surface area contributed by atoms with Crippen molar-refractivity contribution in [3.05, 3.63) is 63.5 Å². The Morgan fingerprint density at radius 3 is 2.61 bits per heavy atom. The predicted octanol–water partition coefficient (Wildman–Crippen LogP) is 4.01. The summed E-state index contributed by atoms with van der Waals surface area (Å²) in [6.07, 6.45) is 4.62. The number of thiophene rings is 1. The van der Waals surface area contributed by atoms with Crippen molar-refractivity contribution in [2.75, 3.05) is 26.2 Å². The van der Waals surface area contributed by atoms with E-state index in [1.54, 1.807) is 16.2 Å². The van der Waals surface area contributed by atoms with Gasteiger partial charge in [-0.15, -0.1) is 11.3 Å². The van der Waals surface area contributed by atoms with Crippen LogP contribution < -0.4 is 5.73 Å². The first-order valence-electron chi connectivity index (χ1n) is 10.6. The molecule has 1 saturated heterocycles. The molecular formula is C24H24N4O2S. The Balaban J connectivity index is 1.57. The molecule has 3 aromatic rings. The number of fused-ring (bicyclic) bond motifs is 2. The molecular weight excluding hydrogens is 408 g/mol. The van der Waals surface area contributed by atoms with Crippen LogP contribution in [0.2, 0.25) is 0 Å². The van der Waals surface area contributed by atoms with Crippen LogP contribution in [0.5, 0.6) is 0 Å². The van der Waals surface area contributed by atoms with Crippen LogP contribution in [-0.2, 0) is 6.42 Å². The van der Waals surface area contributed by atoms with Gasteiger partial charge in [0.25, 0.3) is 5.91 Å². The average Bonchev–Trinajstić information content (AvgIpc) is 3.35. The molecule has 0 atom stereocenters. The van der Waals surface area contributed by atoms with E-state index in [2.05, 4.69) is 17.5 Å². The van der Waals surface area contributed by atoms with Crippen molar-refractivity contribution in [1.82, 2.24) is 14.8 Å². The fourth-order valence-electron chi connectivity index (χ4n) is 4.57. The van der Waals surface area contributed by atoms with Gasteiger partial charge in [0.15, 0.2) is 0 Å². The molecule has 158 valence electrons. The van der Waals surface area contributed by atoms with Crippen LogP contribution in [-0.4, -0.2) is 52.9 Å². The maximum Gasteiger partial charge on any atom is 0.314 e. The summed E-state index contributed by atoms with van der Waals surface area (Å²) in [4.78, 5) is 35.0. The first kappa shape index (κ1) is 19.8. The number of aromatic nitrogens is 1. The van der Waals surface area contributed by atoms with Crippen LogP contribution in [0, 0.1) is 0 Å². The Morgan fingerprint density at radius 1 is 1.00 bits per heavy atom. The van der Waals surface area contributed by atoms with Crippen LogP contribution in [0.25, 0.3) is 22.6 Å². The van der Waals surface area contributed by atoms with Crippen molar-refractivity contribution in [3.63, 3.8) is 0 Å². The Labute approximate surface area is 185 Å². The summed E-state index contributed by atoms with van der Waals surface area (Å²) in [5.41, 5.74) is 10.2. The fraction of sp³-hybridized carbons (Fsp3) is 0.292. The second kappa shape index (κ2) is 8.15. The van der Waals surface area contributed by atoms with E-state index in [1.807, 2.05) is 35.2 Å². The van der Waals surface area contributed by atoms with Gasteiger partial charge < -0.3 is 15.5 Å². The zero-order valence-corrected chi connectivity index (χ0v) is 18.0. The standard InChI is InChI=1S/C24H24N4O2S/c25-24(30)28-11-4-10-27(12-13-28)23(29)21-18-6-1-2-7-20(18)26-22-16(8-9-19(21)22)15-17-5-3-14-31-17/h1-3,5-7,14-15H,4,8-13H2,(H2,25,30)/b16-15-. The third-order valence-electron chi connectivity index (χ3n) is 6.11. The van der Waals surface area contributed by atoms with Crippen molar-refractivity contribution in [3.8, 4) is 0 Å². The maximum absolute atomic E-state index is 13.8. The van der Waals surface area contributed by atoms with Crippen LogP contribution >= 0.6 is 11.3 Å². The minimum Gasteiger partial charge on any atom is -0.351 e. The van der Waals surface area contributed by atoms with Gasteiger partial charge in [-0.1, -0.05) is 24.3 Å². The average molecular weight is 433 g/mol. The molecule has 3 heterocycles.